The van der Waals surface area contributed by atoms with Crippen LogP contribution in [0.2, 0.25) is 0 Å². The summed E-state index contributed by atoms with van der Waals surface area (Å²) in [5.41, 5.74) is 1.28. The van der Waals surface area contributed by atoms with Crippen molar-refractivity contribution in [3.8, 4) is 0 Å². The molecule has 1 saturated carbocycles. The van der Waals surface area contributed by atoms with E-state index in [2.05, 4.69) is 11.8 Å². The van der Waals surface area contributed by atoms with Gasteiger partial charge in [0.25, 0.3) is 0 Å². The Kier molecular flexibility index (Phi) is 4.50. The van der Waals surface area contributed by atoms with Gasteiger partial charge >= 0.3 is 0 Å². The molecule has 0 radical (unpaired) electrons. The molecule has 1 N–H and O–H groups in total. The topological polar surface area (TPSA) is 23.5 Å². The van der Waals surface area contributed by atoms with Crippen LogP contribution in [0.15, 0.2) is 18.2 Å². The van der Waals surface area contributed by atoms with Gasteiger partial charge in [-0.1, -0.05) is 25.8 Å². The van der Waals surface area contributed by atoms with E-state index in [0.717, 1.165) is 24.8 Å². The number of likely N-dealkylation sites (N-methyl/N-ethyl adjacent to an activating group) is 1. The molecular formula is C17H26FNO. The van der Waals surface area contributed by atoms with E-state index >= 15 is 0 Å². The Morgan fingerprint density at radius 1 is 1.35 bits per heavy atom. The molecule has 0 bridgehead atoms. The lowest BCUT2D eigenvalue weighted by Gasteiger charge is -2.48. The predicted molar refractivity (Wildman–Crippen MR) is 80.1 cm³/mol. The molecule has 1 aliphatic rings. The van der Waals surface area contributed by atoms with Gasteiger partial charge in [0.05, 0.1) is 11.6 Å². The number of halogens is 1. The standard InChI is InChI=1S/C17H26FNO/c1-12-6-5-7-17(11-12,19(3)4)16(20)14-8-13(2)9-15(18)10-14/h8-10,12,16,20H,5-7,11H2,1-4H3. The normalized spacial score (nSPS) is 28.6. The zero-order chi connectivity index (χ0) is 14.9. The Hall–Kier alpha value is -0.930. The molecule has 2 nitrogen and oxygen atoms in total. The predicted octanol–water partition coefficient (Wildman–Crippen LogP) is 3.68. The maximum absolute atomic E-state index is 13.6. The van der Waals surface area contributed by atoms with Crippen LogP contribution in [-0.4, -0.2) is 29.6 Å². The van der Waals surface area contributed by atoms with E-state index in [0.29, 0.717) is 11.5 Å². The molecule has 3 heteroatoms. The van der Waals surface area contributed by atoms with Crippen LogP contribution in [0.1, 0.15) is 49.8 Å². The molecule has 0 heterocycles. The van der Waals surface area contributed by atoms with E-state index in [-0.39, 0.29) is 11.4 Å². The summed E-state index contributed by atoms with van der Waals surface area (Å²) < 4.78 is 13.6. The molecule has 112 valence electrons. The number of hydrogen-bond acceptors (Lipinski definition) is 2. The number of rotatable bonds is 3. The van der Waals surface area contributed by atoms with E-state index in [1.807, 2.05) is 27.1 Å². The molecule has 1 aromatic carbocycles. The van der Waals surface area contributed by atoms with Crippen molar-refractivity contribution in [2.24, 2.45) is 5.92 Å². The van der Waals surface area contributed by atoms with E-state index in [4.69, 9.17) is 0 Å². The fourth-order valence-corrected chi connectivity index (χ4v) is 3.70. The molecule has 3 unspecified atom stereocenters. The average Bonchev–Trinajstić information content (AvgIpc) is 2.36. The molecule has 20 heavy (non-hydrogen) atoms. The average molecular weight is 279 g/mol. The van der Waals surface area contributed by atoms with Crippen molar-refractivity contribution < 1.29 is 9.50 Å². The summed E-state index contributed by atoms with van der Waals surface area (Å²) in [7, 11) is 4.04. The van der Waals surface area contributed by atoms with Gasteiger partial charge in [-0.05, 0) is 63.0 Å². The Morgan fingerprint density at radius 2 is 2.05 bits per heavy atom. The lowest BCUT2D eigenvalue weighted by Crippen LogP contribution is -2.52. The Labute approximate surface area is 121 Å². The third kappa shape index (κ3) is 2.89. The Bertz CT molecular complexity index is 454. The fourth-order valence-electron chi connectivity index (χ4n) is 3.70. The number of nitrogens with zero attached hydrogens (tertiary/aromatic N) is 1. The van der Waals surface area contributed by atoms with Crippen LogP contribution in [-0.2, 0) is 0 Å². The summed E-state index contributed by atoms with van der Waals surface area (Å²) in [5, 5.41) is 10.9. The maximum atomic E-state index is 13.6. The lowest BCUT2D eigenvalue weighted by molar-refractivity contribution is -0.0452. The summed E-state index contributed by atoms with van der Waals surface area (Å²) in [6.07, 6.45) is 3.60. The zero-order valence-corrected chi connectivity index (χ0v) is 13.0. The second kappa shape index (κ2) is 5.82. The molecule has 0 amide bonds. The van der Waals surface area contributed by atoms with E-state index in [1.165, 1.54) is 18.6 Å². The van der Waals surface area contributed by atoms with Crippen molar-refractivity contribution in [2.45, 2.75) is 51.2 Å². The van der Waals surface area contributed by atoms with Gasteiger partial charge in [-0.15, -0.1) is 0 Å². The van der Waals surface area contributed by atoms with Crippen molar-refractivity contribution >= 4 is 0 Å². The van der Waals surface area contributed by atoms with E-state index < -0.39 is 6.10 Å². The first-order valence-corrected chi connectivity index (χ1v) is 7.48. The first-order chi connectivity index (χ1) is 9.35. The maximum Gasteiger partial charge on any atom is 0.123 e. The van der Waals surface area contributed by atoms with E-state index in [9.17, 15) is 9.50 Å². The number of aryl methyl sites for hydroxylation is 1. The highest BCUT2D eigenvalue weighted by Crippen LogP contribution is 2.44. The molecule has 3 atom stereocenters. The molecule has 0 saturated heterocycles. The molecule has 2 rings (SSSR count). The summed E-state index contributed by atoms with van der Waals surface area (Å²) in [5.74, 6) is 0.326. The molecule has 0 spiro atoms. The third-order valence-corrected chi connectivity index (χ3v) is 4.79. The molecule has 1 fully saturated rings. The van der Waals surface area contributed by atoms with Gasteiger partial charge in [-0.2, -0.15) is 0 Å². The first kappa shape index (κ1) is 15.5. The van der Waals surface area contributed by atoms with Crippen molar-refractivity contribution in [3.05, 3.63) is 35.1 Å². The van der Waals surface area contributed by atoms with Crippen LogP contribution < -0.4 is 0 Å². The molecule has 1 aliphatic carbocycles. The quantitative estimate of drug-likeness (QED) is 0.912. The highest BCUT2D eigenvalue weighted by Gasteiger charge is 2.43. The highest BCUT2D eigenvalue weighted by molar-refractivity contribution is 5.28. The van der Waals surface area contributed by atoms with Crippen LogP contribution >= 0.6 is 0 Å². The number of benzene rings is 1. The van der Waals surface area contributed by atoms with Crippen LogP contribution in [0, 0.1) is 18.7 Å². The minimum Gasteiger partial charge on any atom is -0.386 e. The van der Waals surface area contributed by atoms with E-state index in [1.54, 1.807) is 0 Å². The highest BCUT2D eigenvalue weighted by atomic mass is 19.1. The second-order valence-corrected chi connectivity index (χ2v) is 6.66. The summed E-state index contributed by atoms with van der Waals surface area (Å²) >= 11 is 0. The van der Waals surface area contributed by atoms with Crippen LogP contribution in [0.4, 0.5) is 4.39 Å². The van der Waals surface area contributed by atoms with Crippen molar-refractivity contribution in [3.63, 3.8) is 0 Å². The number of aliphatic hydroxyl groups excluding tert-OH is 1. The SMILES string of the molecule is Cc1cc(F)cc(C(O)C2(N(C)C)CCCC(C)C2)c1. The third-order valence-electron chi connectivity index (χ3n) is 4.79. The van der Waals surface area contributed by atoms with Crippen molar-refractivity contribution in [1.29, 1.82) is 0 Å². The fraction of sp³-hybridized carbons (Fsp3) is 0.647. The van der Waals surface area contributed by atoms with Gasteiger partial charge < -0.3 is 10.0 Å². The minimum absolute atomic E-state index is 0.267. The van der Waals surface area contributed by atoms with Crippen molar-refractivity contribution in [1.82, 2.24) is 4.90 Å². The molecule has 0 aliphatic heterocycles. The van der Waals surface area contributed by atoms with Gasteiger partial charge in [0, 0.05) is 0 Å². The first-order valence-electron chi connectivity index (χ1n) is 7.48. The smallest absolute Gasteiger partial charge is 0.123 e. The largest absolute Gasteiger partial charge is 0.386 e. The monoisotopic (exact) mass is 279 g/mol. The summed E-state index contributed by atoms with van der Waals surface area (Å²) in [4.78, 5) is 2.13. The lowest BCUT2D eigenvalue weighted by atomic mass is 9.70. The second-order valence-electron chi connectivity index (χ2n) is 6.66. The van der Waals surface area contributed by atoms with Gasteiger partial charge in [-0.3, -0.25) is 0 Å². The van der Waals surface area contributed by atoms with Gasteiger partial charge in [0.2, 0.25) is 0 Å². The Morgan fingerprint density at radius 3 is 2.60 bits per heavy atom. The summed E-state index contributed by atoms with van der Waals surface area (Å²) in [6, 6.07) is 4.88. The van der Waals surface area contributed by atoms with Crippen LogP contribution in [0.5, 0.6) is 0 Å². The van der Waals surface area contributed by atoms with Gasteiger partial charge in [-0.25, -0.2) is 4.39 Å². The van der Waals surface area contributed by atoms with Gasteiger partial charge in [0.1, 0.15) is 5.82 Å². The van der Waals surface area contributed by atoms with Crippen LogP contribution in [0.3, 0.4) is 0 Å². The van der Waals surface area contributed by atoms with Crippen molar-refractivity contribution in [2.75, 3.05) is 14.1 Å². The Balaban J connectivity index is 2.38. The summed E-state index contributed by atoms with van der Waals surface area (Å²) in [6.45, 7) is 4.10. The van der Waals surface area contributed by atoms with Gasteiger partial charge in [0.15, 0.2) is 0 Å². The zero-order valence-electron chi connectivity index (χ0n) is 13.0. The van der Waals surface area contributed by atoms with Crippen LogP contribution in [0.25, 0.3) is 0 Å². The molecular weight excluding hydrogens is 253 g/mol. The number of hydrogen-bond donors (Lipinski definition) is 1. The molecule has 0 aromatic heterocycles. The number of aliphatic hydroxyl groups is 1. The molecule has 1 aromatic rings. The minimum atomic E-state index is -0.644.